The SMILES string of the molecule is Cc1ccc2cccc(-c3cc(N4CCNC4=O)ccc3S(=O)(=O)O)c2n1. The van der Waals surface area contributed by atoms with E-state index in [4.69, 9.17) is 0 Å². The monoisotopic (exact) mass is 383 g/mol. The topological polar surface area (TPSA) is 99.6 Å². The Morgan fingerprint density at radius 3 is 2.63 bits per heavy atom. The zero-order chi connectivity index (χ0) is 19.2. The summed E-state index contributed by atoms with van der Waals surface area (Å²) in [5.41, 5.74) is 2.85. The number of hydrogen-bond donors (Lipinski definition) is 2. The van der Waals surface area contributed by atoms with Crippen LogP contribution in [0.3, 0.4) is 0 Å². The Hall–Kier alpha value is -2.97. The molecule has 2 heterocycles. The van der Waals surface area contributed by atoms with E-state index in [-0.39, 0.29) is 10.9 Å². The third-order valence-corrected chi connectivity index (χ3v) is 5.47. The van der Waals surface area contributed by atoms with Gasteiger partial charge in [0.2, 0.25) is 0 Å². The van der Waals surface area contributed by atoms with Gasteiger partial charge in [-0.05, 0) is 31.2 Å². The number of amides is 2. The average Bonchev–Trinajstić information content (AvgIpc) is 3.06. The number of rotatable bonds is 3. The lowest BCUT2D eigenvalue weighted by Gasteiger charge is -2.17. The highest BCUT2D eigenvalue weighted by atomic mass is 32.2. The summed E-state index contributed by atoms with van der Waals surface area (Å²) >= 11 is 0. The van der Waals surface area contributed by atoms with Crippen molar-refractivity contribution in [3.8, 4) is 11.1 Å². The Bertz CT molecular complexity index is 1170. The summed E-state index contributed by atoms with van der Waals surface area (Å²) in [5, 5.41) is 3.57. The molecule has 27 heavy (non-hydrogen) atoms. The molecule has 0 spiro atoms. The average molecular weight is 383 g/mol. The first-order valence-electron chi connectivity index (χ1n) is 8.38. The van der Waals surface area contributed by atoms with Crippen LogP contribution in [-0.2, 0) is 10.1 Å². The summed E-state index contributed by atoms with van der Waals surface area (Å²) in [6.45, 7) is 2.85. The van der Waals surface area contributed by atoms with Crippen molar-refractivity contribution >= 4 is 32.7 Å². The van der Waals surface area contributed by atoms with E-state index in [1.54, 1.807) is 18.2 Å². The number of aryl methyl sites for hydroxylation is 1. The molecule has 2 N–H and O–H groups in total. The minimum Gasteiger partial charge on any atom is -0.336 e. The maximum absolute atomic E-state index is 12.0. The second-order valence-corrected chi connectivity index (χ2v) is 7.76. The molecule has 1 aliphatic heterocycles. The van der Waals surface area contributed by atoms with Crippen molar-refractivity contribution in [2.75, 3.05) is 18.0 Å². The number of pyridine rings is 1. The van der Waals surface area contributed by atoms with E-state index in [0.29, 0.717) is 35.4 Å². The van der Waals surface area contributed by atoms with Gasteiger partial charge in [0, 0.05) is 41.0 Å². The molecule has 2 aromatic carbocycles. The van der Waals surface area contributed by atoms with Gasteiger partial charge in [-0.1, -0.05) is 24.3 Å². The van der Waals surface area contributed by atoms with Gasteiger partial charge in [-0.25, -0.2) is 4.79 Å². The van der Waals surface area contributed by atoms with E-state index >= 15 is 0 Å². The first-order valence-corrected chi connectivity index (χ1v) is 9.82. The molecule has 7 nitrogen and oxygen atoms in total. The first-order chi connectivity index (χ1) is 12.8. The molecule has 0 atom stereocenters. The van der Waals surface area contributed by atoms with Crippen molar-refractivity contribution in [2.45, 2.75) is 11.8 Å². The summed E-state index contributed by atoms with van der Waals surface area (Å²) in [5.74, 6) is 0. The van der Waals surface area contributed by atoms with Crippen molar-refractivity contribution in [3.05, 3.63) is 54.2 Å². The van der Waals surface area contributed by atoms with E-state index < -0.39 is 10.1 Å². The molecule has 1 saturated heterocycles. The summed E-state index contributed by atoms with van der Waals surface area (Å²) in [6.07, 6.45) is 0. The maximum atomic E-state index is 12.0. The highest BCUT2D eigenvalue weighted by Crippen LogP contribution is 2.35. The molecule has 0 unspecified atom stereocenters. The molecule has 3 aromatic rings. The highest BCUT2D eigenvalue weighted by molar-refractivity contribution is 7.86. The van der Waals surface area contributed by atoms with Crippen LogP contribution in [0.5, 0.6) is 0 Å². The molecule has 1 aromatic heterocycles. The summed E-state index contributed by atoms with van der Waals surface area (Å²) < 4.78 is 33.7. The number of benzene rings is 2. The molecule has 0 bridgehead atoms. The number of carbonyl (C=O) groups excluding carboxylic acids is 1. The maximum Gasteiger partial charge on any atom is 0.321 e. The van der Waals surface area contributed by atoms with Gasteiger partial charge in [0.25, 0.3) is 10.1 Å². The van der Waals surface area contributed by atoms with Gasteiger partial charge < -0.3 is 5.32 Å². The van der Waals surface area contributed by atoms with Crippen LogP contribution in [0.1, 0.15) is 5.69 Å². The fraction of sp³-hybridized carbons (Fsp3) is 0.158. The summed E-state index contributed by atoms with van der Waals surface area (Å²) in [4.78, 5) is 17.9. The standard InChI is InChI=1S/C19H17N3O4S/c1-12-5-6-13-3-2-4-15(18(13)21-12)16-11-14(22-10-9-20-19(22)23)7-8-17(16)27(24,25)26/h2-8,11H,9-10H2,1H3,(H,20,23)(H,24,25,26). The molecule has 2 amide bonds. The molecule has 1 aliphatic rings. The zero-order valence-electron chi connectivity index (χ0n) is 14.5. The number of carbonyl (C=O) groups is 1. The van der Waals surface area contributed by atoms with Crippen LogP contribution < -0.4 is 10.2 Å². The van der Waals surface area contributed by atoms with Crippen LogP contribution in [-0.4, -0.2) is 37.1 Å². The molecule has 8 heteroatoms. The number of para-hydroxylation sites is 1. The Morgan fingerprint density at radius 2 is 1.93 bits per heavy atom. The zero-order valence-corrected chi connectivity index (χ0v) is 15.3. The van der Waals surface area contributed by atoms with Crippen LogP contribution in [0.4, 0.5) is 10.5 Å². The van der Waals surface area contributed by atoms with Gasteiger partial charge in [-0.2, -0.15) is 8.42 Å². The number of nitrogens with one attached hydrogen (secondary N) is 1. The second-order valence-electron chi connectivity index (χ2n) is 6.37. The van der Waals surface area contributed by atoms with Gasteiger partial charge in [0.15, 0.2) is 0 Å². The molecule has 0 aliphatic carbocycles. The van der Waals surface area contributed by atoms with Gasteiger partial charge in [0.05, 0.1) is 5.52 Å². The van der Waals surface area contributed by atoms with Crippen molar-refractivity contribution in [1.82, 2.24) is 10.3 Å². The number of hydrogen-bond acceptors (Lipinski definition) is 4. The third-order valence-electron chi connectivity index (χ3n) is 4.56. The van der Waals surface area contributed by atoms with Crippen LogP contribution in [0.25, 0.3) is 22.0 Å². The first kappa shape index (κ1) is 17.4. The largest absolute Gasteiger partial charge is 0.336 e. The molecule has 1 fully saturated rings. The van der Waals surface area contributed by atoms with Gasteiger partial charge >= 0.3 is 6.03 Å². The fourth-order valence-corrected chi connectivity index (χ4v) is 3.99. The Kier molecular flexibility index (Phi) is 4.09. The Labute approximate surface area is 156 Å². The quantitative estimate of drug-likeness (QED) is 0.678. The smallest absolute Gasteiger partial charge is 0.321 e. The predicted octanol–water partition coefficient (Wildman–Crippen LogP) is 2.99. The second kappa shape index (κ2) is 6.33. The number of nitrogens with zero attached hydrogens (tertiary/aromatic N) is 2. The molecular formula is C19H17N3O4S. The lowest BCUT2D eigenvalue weighted by atomic mass is 10.0. The number of fused-ring (bicyclic) bond motifs is 1. The fourth-order valence-electron chi connectivity index (χ4n) is 3.30. The van der Waals surface area contributed by atoms with E-state index in [9.17, 15) is 17.8 Å². The number of aromatic nitrogens is 1. The molecule has 138 valence electrons. The van der Waals surface area contributed by atoms with Gasteiger partial charge in [-0.15, -0.1) is 0 Å². The van der Waals surface area contributed by atoms with Crippen LogP contribution >= 0.6 is 0 Å². The van der Waals surface area contributed by atoms with E-state index in [1.807, 2.05) is 25.1 Å². The summed E-state index contributed by atoms with van der Waals surface area (Å²) in [7, 11) is -4.46. The minimum atomic E-state index is -4.46. The summed E-state index contributed by atoms with van der Waals surface area (Å²) in [6, 6.07) is 13.4. The van der Waals surface area contributed by atoms with Crippen molar-refractivity contribution in [3.63, 3.8) is 0 Å². The highest BCUT2D eigenvalue weighted by Gasteiger charge is 2.25. The normalized spacial score (nSPS) is 14.6. The third kappa shape index (κ3) is 3.13. The van der Waals surface area contributed by atoms with Crippen LogP contribution in [0.15, 0.2) is 53.4 Å². The van der Waals surface area contributed by atoms with Crippen LogP contribution in [0, 0.1) is 6.92 Å². The lowest BCUT2D eigenvalue weighted by molar-refractivity contribution is 0.252. The Morgan fingerprint density at radius 1 is 1.11 bits per heavy atom. The van der Waals surface area contributed by atoms with E-state index in [0.717, 1.165) is 11.1 Å². The van der Waals surface area contributed by atoms with Crippen molar-refractivity contribution < 1.29 is 17.8 Å². The number of urea groups is 1. The van der Waals surface area contributed by atoms with Crippen molar-refractivity contribution in [1.29, 1.82) is 0 Å². The van der Waals surface area contributed by atoms with E-state index in [1.165, 1.54) is 17.0 Å². The van der Waals surface area contributed by atoms with Gasteiger partial charge in [0.1, 0.15) is 4.90 Å². The van der Waals surface area contributed by atoms with Gasteiger partial charge in [-0.3, -0.25) is 14.4 Å². The van der Waals surface area contributed by atoms with E-state index in [2.05, 4.69) is 10.3 Å². The molecule has 4 rings (SSSR count). The minimum absolute atomic E-state index is 0.221. The van der Waals surface area contributed by atoms with Crippen molar-refractivity contribution in [2.24, 2.45) is 0 Å². The van der Waals surface area contributed by atoms with Crippen LogP contribution in [0.2, 0.25) is 0 Å². The lowest BCUT2D eigenvalue weighted by Crippen LogP contribution is -2.27. The Balaban J connectivity index is 2.01. The predicted molar refractivity (Wildman–Crippen MR) is 102 cm³/mol. The molecule has 0 saturated carbocycles. The number of anilines is 1. The molecule has 0 radical (unpaired) electrons. The molecular weight excluding hydrogens is 366 g/mol.